The van der Waals surface area contributed by atoms with E-state index in [9.17, 15) is 9.18 Å². The molecule has 2 N–H and O–H groups in total. The van der Waals surface area contributed by atoms with Crippen LogP contribution in [0.25, 0.3) is 0 Å². The van der Waals surface area contributed by atoms with E-state index in [2.05, 4.69) is 24.5 Å². The second-order valence-corrected chi connectivity index (χ2v) is 6.90. The highest BCUT2D eigenvalue weighted by molar-refractivity contribution is 5.68. The van der Waals surface area contributed by atoms with Crippen LogP contribution in [0.5, 0.6) is 0 Å². The first kappa shape index (κ1) is 19.4. The Hall–Kier alpha value is -1.62. The van der Waals surface area contributed by atoms with Crippen LogP contribution in [0, 0.1) is 11.7 Å². The Balaban J connectivity index is 2.53. The van der Waals surface area contributed by atoms with E-state index < -0.39 is 11.7 Å². The number of carbonyl (C=O) groups excluding carboxylic acids is 1. The van der Waals surface area contributed by atoms with Crippen molar-refractivity contribution in [2.45, 2.75) is 59.2 Å². The van der Waals surface area contributed by atoms with Crippen molar-refractivity contribution in [1.29, 1.82) is 0 Å². The van der Waals surface area contributed by atoms with E-state index in [1.165, 1.54) is 12.1 Å². The molecule has 130 valence electrons. The number of hydrogen-bond donors (Lipinski definition) is 2. The topological polar surface area (TPSA) is 50.4 Å². The van der Waals surface area contributed by atoms with Crippen molar-refractivity contribution in [2.24, 2.45) is 5.92 Å². The zero-order valence-electron chi connectivity index (χ0n) is 14.8. The zero-order chi connectivity index (χ0) is 17.5. The zero-order valence-corrected chi connectivity index (χ0v) is 14.8. The molecule has 0 saturated carbocycles. The van der Waals surface area contributed by atoms with Gasteiger partial charge < -0.3 is 15.4 Å². The summed E-state index contributed by atoms with van der Waals surface area (Å²) in [4.78, 5) is 12.0. The van der Waals surface area contributed by atoms with E-state index in [4.69, 9.17) is 4.74 Å². The lowest BCUT2D eigenvalue weighted by Gasteiger charge is -2.27. The standard InChI is InChI=1S/C18H29FN2O2/c1-6-13(2)16(21-17(22)23-18(3,4)5)12-20-11-14-8-7-9-15(19)10-14/h7-10,13,16,20H,6,11-12H2,1-5H3,(H,21,22)/t13-,16+/m0/s1. The van der Waals surface area contributed by atoms with Crippen LogP contribution >= 0.6 is 0 Å². The van der Waals surface area contributed by atoms with Crippen molar-refractivity contribution < 1.29 is 13.9 Å². The van der Waals surface area contributed by atoms with Gasteiger partial charge in [0.2, 0.25) is 0 Å². The predicted molar refractivity (Wildman–Crippen MR) is 90.7 cm³/mol. The third kappa shape index (κ3) is 7.98. The maximum atomic E-state index is 13.2. The summed E-state index contributed by atoms with van der Waals surface area (Å²) in [6.45, 7) is 10.9. The first-order valence-electron chi connectivity index (χ1n) is 8.16. The molecule has 0 fully saturated rings. The average Bonchev–Trinajstić information content (AvgIpc) is 2.43. The van der Waals surface area contributed by atoms with Gasteiger partial charge in [-0.25, -0.2) is 9.18 Å². The number of amides is 1. The largest absolute Gasteiger partial charge is 0.444 e. The first-order chi connectivity index (χ1) is 10.7. The Morgan fingerprint density at radius 2 is 2.04 bits per heavy atom. The van der Waals surface area contributed by atoms with Gasteiger partial charge in [-0.3, -0.25) is 0 Å². The van der Waals surface area contributed by atoms with Gasteiger partial charge >= 0.3 is 6.09 Å². The summed E-state index contributed by atoms with van der Waals surface area (Å²) in [7, 11) is 0. The van der Waals surface area contributed by atoms with Gasteiger partial charge in [-0.2, -0.15) is 0 Å². The van der Waals surface area contributed by atoms with E-state index in [0.717, 1.165) is 12.0 Å². The fourth-order valence-corrected chi connectivity index (χ4v) is 2.16. The fraction of sp³-hybridized carbons (Fsp3) is 0.611. The van der Waals surface area contributed by atoms with Gasteiger partial charge in [-0.1, -0.05) is 32.4 Å². The molecule has 4 nitrogen and oxygen atoms in total. The predicted octanol–water partition coefficient (Wildman–Crippen LogP) is 3.85. The third-order valence-corrected chi connectivity index (χ3v) is 3.62. The van der Waals surface area contributed by atoms with E-state index in [-0.39, 0.29) is 11.9 Å². The average molecular weight is 324 g/mol. The van der Waals surface area contributed by atoms with Crippen LogP contribution in [0.1, 0.15) is 46.6 Å². The minimum atomic E-state index is -0.515. The molecule has 5 heteroatoms. The summed E-state index contributed by atoms with van der Waals surface area (Å²) in [5, 5.41) is 6.20. The van der Waals surface area contributed by atoms with Crippen molar-refractivity contribution in [3.8, 4) is 0 Å². The molecule has 0 saturated heterocycles. The lowest BCUT2D eigenvalue weighted by Crippen LogP contribution is -2.47. The number of carbonyl (C=O) groups is 1. The van der Waals surface area contributed by atoms with Crippen molar-refractivity contribution in [1.82, 2.24) is 10.6 Å². The quantitative estimate of drug-likeness (QED) is 0.801. The molecule has 0 heterocycles. The van der Waals surface area contributed by atoms with E-state index in [1.54, 1.807) is 6.07 Å². The van der Waals surface area contributed by atoms with E-state index in [1.807, 2.05) is 26.8 Å². The number of ether oxygens (including phenoxy) is 1. The maximum Gasteiger partial charge on any atom is 0.407 e. The van der Waals surface area contributed by atoms with E-state index in [0.29, 0.717) is 19.0 Å². The molecule has 0 aliphatic carbocycles. The van der Waals surface area contributed by atoms with Gasteiger partial charge in [0.05, 0.1) is 0 Å². The second-order valence-electron chi connectivity index (χ2n) is 6.90. The lowest BCUT2D eigenvalue weighted by atomic mass is 9.99. The van der Waals surface area contributed by atoms with E-state index >= 15 is 0 Å². The summed E-state index contributed by atoms with van der Waals surface area (Å²) in [6.07, 6.45) is 0.539. The van der Waals surface area contributed by atoms with Crippen LogP contribution in [0.3, 0.4) is 0 Å². The lowest BCUT2D eigenvalue weighted by molar-refractivity contribution is 0.0487. The number of alkyl carbamates (subject to hydrolysis) is 1. The highest BCUT2D eigenvalue weighted by Crippen LogP contribution is 2.11. The molecule has 23 heavy (non-hydrogen) atoms. The summed E-state index contributed by atoms with van der Waals surface area (Å²) in [5.74, 6) is 0.0668. The number of benzene rings is 1. The van der Waals surface area contributed by atoms with Gasteiger partial charge in [0.25, 0.3) is 0 Å². The number of rotatable bonds is 7. The molecule has 0 aromatic heterocycles. The molecule has 1 rings (SSSR count). The molecule has 0 aliphatic heterocycles. The molecule has 0 unspecified atom stereocenters. The highest BCUT2D eigenvalue weighted by atomic mass is 19.1. The van der Waals surface area contributed by atoms with Gasteiger partial charge in [-0.15, -0.1) is 0 Å². The molecule has 2 atom stereocenters. The summed E-state index contributed by atoms with van der Waals surface area (Å²) in [6, 6.07) is 6.46. The Labute approximate surface area is 138 Å². The van der Waals surface area contributed by atoms with Crippen molar-refractivity contribution in [2.75, 3.05) is 6.54 Å². The molecular formula is C18H29FN2O2. The molecule has 0 radical (unpaired) electrons. The maximum absolute atomic E-state index is 13.2. The number of halogens is 1. The molecule has 1 aromatic carbocycles. The smallest absolute Gasteiger partial charge is 0.407 e. The van der Waals surface area contributed by atoms with Crippen LogP contribution < -0.4 is 10.6 Å². The second kappa shape index (κ2) is 8.87. The first-order valence-corrected chi connectivity index (χ1v) is 8.16. The van der Waals surface area contributed by atoms with Crippen LogP contribution in [0.4, 0.5) is 9.18 Å². The van der Waals surface area contributed by atoms with Gasteiger partial charge in [0.15, 0.2) is 0 Å². The molecule has 0 bridgehead atoms. The number of nitrogens with one attached hydrogen (secondary N) is 2. The highest BCUT2D eigenvalue weighted by Gasteiger charge is 2.22. The van der Waals surface area contributed by atoms with Crippen molar-refractivity contribution in [3.05, 3.63) is 35.6 Å². The third-order valence-electron chi connectivity index (χ3n) is 3.62. The Morgan fingerprint density at radius 1 is 1.35 bits per heavy atom. The summed E-state index contributed by atoms with van der Waals surface area (Å²) < 4.78 is 18.5. The summed E-state index contributed by atoms with van der Waals surface area (Å²) in [5.41, 5.74) is 0.365. The monoisotopic (exact) mass is 324 g/mol. The molecule has 0 aliphatic rings. The Kier molecular flexibility index (Phi) is 7.49. The van der Waals surface area contributed by atoms with Gasteiger partial charge in [0.1, 0.15) is 11.4 Å². The Bertz CT molecular complexity index is 500. The van der Waals surface area contributed by atoms with Crippen molar-refractivity contribution >= 4 is 6.09 Å². The Morgan fingerprint density at radius 3 is 2.61 bits per heavy atom. The minimum absolute atomic E-state index is 0.0385. The summed E-state index contributed by atoms with van der Waals surface area (Å²) >= 11 is 0. The van der Waals surface area contributed by atoms with Crippen LogP contribution in [0.2, 0.25) is 0 Å². The number of hydrogen-bond acceptors (Lipinski definition) is 3. The van der Waals surface area contributed by atoms with Gasteiger partial charge in [0, 0.05) is 19.1 Å². The SMILES string of the molecule is CC[C@H](C)[C@@H](CNCc1cccc(F)c1)NC(=O)OC(C)(C)C. The van der Waals surface area contributed by atoms with Crippen LogP contribution in [0.15, 0.2) is 24.3 Å². The molecule has 0 spiro atoms. The molecule has 1 amide bonds. The molecular weight excluding hydrogens is 295 g/mol. The van der Waals surface area contributed by atoms with Gasteiger partial charge in [-0.05, 0) is 44.4 Å². The van der Waals surface area contributed by atoms with Crippen LogP contribution in [-0.2, 0) is 11.3 Å². The minimum Gasteiger partial charge on any atom is -0.444 e. The molecule has 1 aromatic rings. The van der Waals surface area contributed by atoms with Crippen LogP contribution in [-0.4, -0.2) is 24.3 Å². The normalized spacial score (nSPS) is 14.2. The fourth-order valence-electron chi connectivity index (χ4n) is 2.16. The van der Waals surface area contributed by atoms with Crippen molar-refractivity contribution in [3.63, 3.8) is 0 Å².